The number of nitrogens with zero attached hydrogens (tertiary/aromatic N) is 5. The summed E-state index contributed by atoms with van der Waals surface area (Å²) >= 11 is 1.26. The van der Waals surface area contributed by atoms with Gasteiger partial charge in [0.2, 0.25) is 0 Å². The van der Waals surface area contributed by atoms with Gasteiger partial charge in [0.05, 0.1) is 30.0 Å². The monoisotopic (exact) mass is 465 g/mol. The van der Waals surface area contributed by atoms with Gasteiger partial charge in [0.15, 0.2) is 11.5 Å². The Labute approximate surface area is 194 Å². The standard InChI is InChI=1S/C23H24FN7OS/c1-13-20(25)23(12-32-13)5-8-31(9-6-23)17-11-28-22-16(29-17)2-3-18(30-22)33-19-14-4-7-26-21(14)27-10-15(19)24/h2-4,7,10-11,13,20H,5-6,8-9,12,25H2,1H3,(H,26,27)/t13-,20+/m0/s1. The predicted octanol–water partition coefficient (Wildman–Crippen LogP) is 3.52. The molecule has 6 heterocycles. The van der Waals surface area contributed by atoms with Crippen LogP contribution in [0.2, 0.25) is 0 Å². The number of fused-ring (bicyclic) bond motifs is 2. The number of nitrogens with two attached hydrogens (primary N) is 1. The molecular weight excluding hydrogens is 441 g/mol. The lowest BCUT2D eigenvalue weighted by Crippen LogP contribution is -2.50. The molecule has 2 saturated heterocycles. The molecule has 0 radical (unpaired) electrons. The highest BCUT2D eigenvalue weighted by Crippen LogP contribution is 2.42. The van der Waals surface area contributed by atoms with E-state index in [4.69, 9.17) is 15.5 Å². The third kappa shape index (κ3) is 3.53. The minimum Gasteiger partial charge on any atom is -0.376 e. The summed E-state index contributed by atoms with van der Waals surface area (Å²) in [5.74, 6) is 0.467. The number of nitrogens with one attached hydrogen (secondary N) is 1. The lowest BCUT2D eigenvalue weighted by Gasteiger charge is -2.41. The summed E-state index contributed by atoms with van der Waals surface area (Å²) in [5.41, 5.74) is 8.41. The summed E-state index contributed by atoms with van der Waals surface area (Å²) in [5, 5.41) is 1.38. The first-order chi connectivity index (χ1) is 16.0. The molecule has 2 aliphatic rings. The van der Waals surface area contributed by atoms with Gasteiger partial charge in [-0.05, 0) is 38.0 Å². The zero-order valence-corrected chi connectivity index (χ0v) is 19.0. The molecule has 0 aromatic carbocycles. The normalized spacial score (nSPS) is 22.6. The maximum absolute atomic E-state index is 14.4. The van der Waals surface area contributed by atoms with E-state index < -0.39 is 0 Å². The molecule has 2 aliphatic heterocycles. The number of halogens is 1. The molecule has 10 heteroatoms. The second kappa shape index (κ2) is 7.89. The van der Waals surface area contributed by atoms with Crippen molar-refractivity contribution in [1.82, 2.24) is 24.9 Å². The van der Waals surface area contributed by atoms with Crippen LogP contribution in [0.1, 0.15) is 19.8 Å². The molecule has 4 aromatic rings. The van der Waals surface area contributed by atoms with Gasteiger partial charge in [-0.3, -0.25) is 0 Å². The molecule has 2 fully saturated rings. The van der Waals surface area contributed by atoms with E-state index in [1.165, 1.54) is 18.0 Å². The van der Waals surface area contributed by atoms with Gasteiger partial charge < -0.3 is 20.4 Å². The average molecular weight is 466 g/mol. The van der Waals surface area contributed by atoms with Crippen molar-refractivity contribution in [2.45, 2.75) is 41.8 Å². The molecule has 3 N–H and O–H groups in total. The van der Waals surface area contributed by atoms with E-state index >= 15 is 0 Å². The van der Waals surface area contributed by atoms with Gasteiger partial charge in [0.25, 0.3) is 0 Å². The predicted molar refractivity (Wildman–Crippen MR) is 125 cm³/mol. The number of pyridine rings is 2. The summed E-state index contributed by atoms with van der Waals surface area (Å²) in [6.07, 6.45) is 6.83. The molecule has 0 aliphatic carbocycles. The Morgan fingerprint density at radius 3 is 2.82 bits per heavy atom. The first kappa shape index (κ1) is 20.8. The first-order valence-electron chi connectivity index (χ1n) is 11.1. The minimum atomic E-state index is -0.375. The largest absolute Gasteiger partial charge is 0.376 e. The van der Waals surface area contributed by atoms with Crippen LogP contribution in [0.5, 0.6) is 0 Å². The number of piperidine rings is 1. The van der Waals surface area contributed by atoms with Crippen LogP contribution in [0.3, 0.4) is 0 Å². The highest BCUT2D eigenvalue weighted by Gasteiger charge is 2.47. The van der Waals surface area contributed by atoms with Crippen LogP contribution in [0.4, 0.5) is 10.2 Å². The maximum Gasteiger partial charge on any atom is 0.179 e. The summed E-state index contributed by atoms with van der Waals surface area (Å²) in [6, 6.07) is 5.64. The van der Waals surface area contributed by atoms with Crippen LogP contribution < -0.4 is 10.6 Å². The molecule has 6 rings (SSSR count). The van der Waals surface area contributed by atoms with Gasteiger partial charge in [-0.25, -0.2) is 24.3 Å². The van der Waals surface area contributed by atoms with E-state index in [-0.39, 0.29) is 23.4 Å². The fourth-order valence-electron chi connectivity index (χ4n) is 4.91. The highest BCUT2D eigenvalue weighted by molar-refractivity contribution is 7.99. The quantitative estimate of drug-likeness (QED) is 0.473. The number of H-pyrrole nitrogens is 1. The van der Waals surface area contributed by atoms with E-state index in [0.29, 0.717) is 26.7 Å². The third-order valence-corrected chi connectivity index (χ3v) is 8.05. The van der Waals surface area contributed by atoms with E-state index in [2.05, 4.69) is 31.8 Å². The Hall–Kier alpha value is -2.82. The van der Waals surface area contributed by atoms with Gasteiger partial charge in [-0.1, -0.05) is 11.8 Å². The molecule has 2 atom stereocenters. The lowest BCUT2D eigenvalue weighted by atomic mass is 9.73. The Bertz CT molecular complexity index is 1340. The fourth-order valence-corrected chi connectivity index (χ4v) is 5.81. The first-order valence-corrected chi connectivity index (χ1v) is 11.9. The van der Waals surface area contributed by atoms with Crippen molar-refractivity contribution in [2.75, 3.05) is 24.6 Å². The number of aromatic nitrogens is 5. The van der Waals surface area contributed by atoms with Crippen LogP contribution >= 0.6 is 11.8 Å². The van der Waals surface area contributed by atoms with Crippen LogP contribution in [0.25, 0.3) is 22.2 Å². The summed E-state index contributed by atoms with van der Waals surface area (Å²) in [6.45, 7) is 4.55. The van der Waals surface area contributed by atoms with Crippen molar-refractivity contribution < 1.29 is 9.13 Å². The molecule has 0 saturated carbocycles. The molecule has 0 amide bonds. The molecule has 8 nitrogen and oxygen atoms in total. The maximum atomic E-state index is 14.4. The number of hydrogen-bond donors (Lipinski definition) is 2. The zero-order chi connectivity index (χ0) is 22.6. The Morgan fingerprint density at radius 2 is 2.03 bits per heavy atom. The zero-order valence-electron chi connectivity index (χ0n) is 18.2. The average Bonchev–Trinajstić information content (AvgIpc) is 3.42. The van der Waals surface area contributed by atoms with Gasteiger partial charge >= 0.3 is 0 Å². The van der Waals surface area contributed by atoms with E-state index in [0.717, 1.165) is 43.7 Å². The third-order valence-electron chi connectivity index (χ3n) is 7.00. The van der Waals surface area contributed by atoms with E-state index in [1.54, 1.807) is 12.4 Å². The molecule has 4 aromatic heterocycles. The summed E-state index contributed by atoms with van der Waals surface area (Å²) in [4.78, 5) is 23.8. The number of rotatable bonds is 3. The molecule has 0 unspecified atom stereocenters. The van der Waals surface area contributed by atoms with Crippen molar-refractivity contribution >= 4 is 39.8 Å². The van der Waals surface area contributed by atoms with Gasteiger partial charge in [0, 0.05) is 36.1 Å². The van der Waals surface area contributed by atoms with Gasteiger partial charge in [0.1, 0.15) is 22.0 Å². The van der Waals surface area contributed by atoms with Crippen molar-refractivity contribution in [3.8, 4) is 0 Å². The van der Waals surface area contributed by atoms with Gasteiger partial charge in [-0.2, -0.15) is 0 Å². The summed E-state index contributed by atoms with van der Waals surface area (Å²) < 4.78 is 20.3. The van der Waals surface area contributed by atoms with Crippen molar-refractivity contribution in [3.05, 3.63) is 42.6 Å². The van der Waals surface area contributed by atoms with Crippen LogP contribution in [0, 0.1) is 11.2 Å². The SMILES string of the molecule is C[C@@H]1OCC2(CCN(c3cnc4nc(Sc5c(F)cnc6[nH]ccc56)ccc4n3)CC2)[C@@H]1N. The molecule has 33 heavy (non-hydrogen) atoms. The highest BCUT2D eigenvalue weighted by atomic mass is 32.2. The minimum absolute atomic E-state index is 0.0704. The Morgan fingerprint density at radius 1 is 1.18 bits per heavy atom. The number of ether oxygens (including phenoxy) is 1. The smallest absolute Gasteiger partial charge is 0.179 e. The second-order valence-corrected chi connectivity index (χ2v) is 9.92. The van der Waals surface area contributed by atoms with Crippen molar-refractivity contribution in [2.24, 2.45) is 11.1 Å². The van der Waals surface area contributed by atoms with Gasteiger partial charge in [-0.15, -0.1) is 0 Å². The Kier molecular flexibility index (Phi) is 4.97. The number of aromatic amines is 1. The Balaban J connectivity index is 1.22. The number of anilines is 1. The molecule has 170 valence electrons. The van der Waals surface area contributed by atoms with Crippen molar-refractivity contribution in [3.63, 3.8) is 0 Å². The van der Waals surface area contributed by atoms with Crippen molar-refractivity contribution in [1.29, 1.82) is 0 Å². The molecule has 1 spiro atoms. The number of hydrogen-bond acceptors (Lipinski definition) is 8. The molecular formula is C23H24FN7OS. The van der Waals surface area contributed by atoms with Crippen LogP contribution in [0.15, 0.2) is 46.7 Å². The van der Waals surface area contributed by atoms with E-state index in [1.807, 2.05) is 18.2 Å². The molecule has 0 bridgehead atoms. The van der Waals surface area contributed by atoms with E-state index in [9.17, 15) is 4.39 Å². The summed E-state index contributed by atoms with van der Waals surface area (Å²) in [7, 11) is 0. The van der Waals surface area contributed by atoms with Crippen LogP contribution in [-0.2, 0) is 4.74 Å². The lowest BCUT2D eigenvalue weighted by molar-refractivity contribution is 0.0974. The topological polar surface area (TPSA) is 106 Å². The van der Waals surface area contributed by atoms with Crippen LogP contribution in [-0.4, -0.2) is 56.8 Å². The second-order valence-electron chi connectivity index (χ2n) is 8.89. The fraction of sp³-hybridized carbons (Fsp3) is 0.391.